The van der Waals surface area contributed by atoms with Crippen molar-refractivity contribution in [2.75, 3.05) is 43.9 Å². The van der Waals surface area contributed by atoms with Gasteiger partial charge in [0, 0.05) is 45.8 Å². The molecule has 1 fully saturated rings. The smallest absolute Gasteiger partial charge is 0.255 e. The zero-order valence-corrected chi connectivity index (χ0v) is 19.5. The van der Waals surface area contributed by atoms with Crippen LogP contribution in [0.3, 0.4) is 0 Å². The fourth-order valence-corrected chi connectivity index (χ4v) is 4.91. The van der Waals surface area contributed by atoms with E-state index in [-0.39, 0.29) is 17.6 Å². The summed E-state index contributed by atoms with van der Waals surface area (Å²) in [5.41, 5.74) is 1.86. The molecule has 9 nitrogen and oxygen atoms in total. The largest absolute Gasteiger partial charge is 0.336 e. The molecule has 0 unspecified atom stereocenters. The third-order valence-corrected chi connectivity index (χ3v) is 7.61. The summed E-state index contributed by atoms with van der Waals surface area (Å²) in [5.74, 6) is 0.569. The van der Waals surface area contributed by atoms with E-state index >= 15 is 0 Å². The maximum absolute atomic E-state index is 13.1. The van der Waals surface area contributed by atoms with E-state index < -0.39 is 10.0 Å². The van der Waals surface area contributed by atoms with Gasteiger partial charge in [-0.3, -0.25) is 18.9 Å². The highest BCUT2D eigenvalue weighted by Crippen LogP contribution is 2.23. The minimum Gasteiger partial charge on any atom is -0.336 e. The zero-order chi connectivity index (χ0) is 22.8. The average Bonchev–Trinajstić information content (AvgIpc) is 3.11. The highest BCUT2D eigenvalue weighted by Gasteiger charge is 2.28. The molecule has 0 bridgehead atoms. The highest BCUT2D eigenvalue weighted by atomic mass is 32.2. The first kappa shape index (κ1) is 23.2. The standard InChI is InChI=1S/C21H31N5O4S/c1-5-7-8-19(27)23(4)20-16(3)22-18-10-9-17(15-26(18)20)21(28)24-11-13-25(14-12-24)31(29,30)6-2/h9-10,15H,5-8,11-14H2,1-4H3. The van der Waals surface area contributed by atoms with Crippen LogP contribution in [0, 0.1) is 6.92 Å². The number of hydrogen-bond donors (Lipinski definition) is 0. The van der Waals surface area contributed by atoms with Gasteiger partial charge in [0.15, 0.2) is 0 Å². The Labute approximate surface area is 183 Å². The molecule has 0 saturated carbocycles. The van der Waals surface area contributed by atoms with E-state index in [0.717, 1.165) is 18.5 Å². The van der Waals surface area contributed by atoms with Gasteiger partial charge in [0.25, 0.3) is 5.91 Å². The van der Waals surface area contributed by atoms with Gasteiger partial charge in [-0.1, -0.05) is 13.3 Å². The zero-order valence-electron chi connectivity index (χ0n) is 18.7. The van der Waals surface area contributed by atoms with Crippen molar-refractivity contribution in [1.82, 2.24) is 18.6 Å². The van der Waals surface area contributed by atoms with Crippen molar-refractivity contribution in [3.8, 4) is 0 Å². The Morgan fingerprint density at radius 2 is 1.81 bits per heavy atom. The number of imidazole rings is 1. The quantitative estimate of drug-likeness (QED) is 0.643. The van der Waals surface area contributed by atoms with Crippen molar-refractivity contribution in [2.24, 2.45) is 0 Å². The van der Waals surface area contributed by atoms with Gasteiger partial charge in [0.1, 0.15) is 11.5 Å². The van der Waals surface area contributed by atoms with Crippen molar-refractivity contribution >= 4 is 33.3 Å². The number of carbonyl (C=O) groups excluding carboxylic acids is 2. The minimum absolute atomic E-state index is 0.0109. The van der Waals surface area contributed by atoms with Crippen molar-refractivity contribution < 1.29 is 18.0 Å². The molecule has 0 radical (unpaired) electrons. The number of carbonyl (C=O) groups is 2. The molecule has 31 heavy (non-hydrogen) atoms. The Balaban J connectivity index is 1.82. The number of pyridine rings is 1. The Bertz CT molecular complexity index is 1070. The first-order chi connectivity index (χ1) is 14.7. The number of unbranched alkanes of at least 4 members (excludes halogenated alkanes) is 1. The fourth-order valence-electron chi connectivity index (χ4n) is 3.83. The summed E-state index contributed by atoms with van der Waals surface area (Å²) in [4.78, 5) is 33.4. The van der Waals surface area contributed by atoms with E-state index in [0.29, 0.717) is 49.6 Å². The molecule has 3 heterocycles. The lowest BCUT2D eigenvalue weighted by Crippen LogP contribution is -2.50. The first-order valence-electron chi connectivity index (χ1n) is 10.7. The monoisotopic (exact) mass is 449 g/mol. The van der Waals surface area contributed by atoms with Gasteiger partial charge < -0.3 is 4.90 Å². The van der Waals surface area contributed by atoms with Crippen molar-refractivity contribution in [1.29, 1.82) is 0 Å². The lowest BCUT2D eigenvalue weighted by atomic mass is 10.2. The van der Waals surface area contributed by atoms with Gasteiger partial charge in [-0.25, -0.2) is 13.4 Å². The van der Waals surface area contributed by atoms with E-state index in [1.165, 1.54) is 4.31 Å². The molecule has 0 spiro atoms. The number of rotatable bonds is 7. The molecule has 0 N–H and O–H groups in total. The molecule has 3 rings (SSSR count). The predicted molar refractivity (Wildman–Crippen MR) is 120 cm³/mol. The first-order valence-corrected chi connectivity index (χ1v) is 12.3. The Morgan fingerprint density at radius 1 is 1.13 bits per heavy atom. The van der Waals surface area contributed by atoms with Crippen molar-refractivity contribution in [3.63, 3.8) is 0 Å². The fraction of sp³-hybridized carbons (Fsp3) is 0.571. The number of nitrogens with zero attached hydrogens (tertiary/aromatic N) is 5. The van der Waals surface area contributed by atoms with E-state index in [1.54, 1.807) is 46.5 Å². The average molecular weight is 450 g/mol. The molecular formula is C21H31N5O4S. The number of amides is 2. The summed E-state index contributed by atoms with van der Waals surface area (Å²) in [5, 5.41) is 0. The van der Waals surface area contributed by atoms with Gasteiger partial charge in [-0.05, 0) is 32.4 Å². The molecule has 2 aromatic heterocycles. The molecule has 2 aromatic rings. The number of fused-ring (bicyclic) bond motifs is 1. The number of aryl methyl sites for hydroxylation is 1. The number of piperazine rings is 1. The normalized spacial score (nSPS) is 15.4. The SMILES string of the molecule is CCCCC(=O)N(C)c1c(C)nc2ccc(C(=O)N3CCN(S(=O)(=O)CC)CC3)cn12. The van der Waals surface area contributed by atoms with Crippen LogP contribution in [0.1, 0.15) is 49.2 Å². The van der Waals surface area contributed by atoms with Crippen LogP contribution in [0.4, 0.5) is 5.82 Å². The van der Waals surface area contributed by atoms with Crippen LogP contribution in [0.2, 0.25) is 0 Å². The molecule has 0 atom stereocenters. The molecular weight excluding hydrogens is 418 g/mol. The maximum atomic E-state index is 13.1. The van der Waals surface area contributed by atoms with Crippen LogP contribution >= 0.6 is 0 Å². The summed E-state index contributed by atoms with van der Waals surface area (Å²) in [6.07, 6.45) is 3.94. The van der Waals surface area contributed by atoms with Crippen LogP contribution in [-0.2, 0) is 14.8 Å². The number of anilines is 1. The second-order valence-corrected chi connectivity index (χ2v) is 10.1. The second-order valence-electron chi connectivity index (χ2n) is 7.81. The number of hydrogen-bond acceptors (Lipinski definition) is 5. The molecule has 0 aliphatic carbocycles. The Hall–Kier alpha value is -2.46. The predicted octanol–water partition coefficient (Wildman–Crippen LogP) is 1.90. The lowest BCUT2D eigenvalue weighted by molar-refractivity contribution is -0.118. The van der Waals surface area contributed by atoms with Crippen LogP contribution in [0.25, 0.3) is 5.65 Å². The van der Waals surface area contributed by atoms with Crippen LogP contribution in [0.5, 0.6) is 0 Å². The topological polar surface area (TPSA) is 95.3 Å². The van der Waals surface area contributed by atoms with Crippen LogP contribution in [-0.4, -0.2) is 77.8 Å². The summed E-state index contributed by atoms with van der Waals surface area (Å²) >= 11 is 0. The Morgan fingerprint density at radius 3 is 2.42 bits per heavy atom. The molecule has 1 aliphatic rings. The van der Waals surface area contributed by atoms with Crippen LogP contribution < -0.4 is 4.90 Å². The summed E-state index contributed by atoms with van der Waals surface area (Å²) in [6.45, 7) is 6.81. The van der Waals surface area contributed by atoms with E-state index in [1.807, 2.05) is 13.8 Å². The highest BCUT2D eigenvalue weighted by molar-refractivity contribution is 7.89. The minimum atomic E-state index is -3.25. The lowest BCUT2D eigenvalue weighted by Gasteiger charge is -2.33. The van der Waals surface area contributed by atoms with Crippen LogP contribution in [0.15, 0.2) is 18.3 Å². The summed E-state index contributed by atoms with van der Waals surface area (Å²) in [6, 6.07) is 3.49. The van der Waals surface area contributed by atoms with Gasteiger partial charge in [-0.2, -0.15) is 4.31 Å². The third-order valence-electron chi connectivity index (χ3n) is 5.73. The summed E-state index contributed by atoms with van der Waals surface area (Å²) < 4.78 is 27.3. The molecule has 1 aliphatic heterocycles. The van der Waals surface area contributed by atoms with E-state index in [2.05, 4.69) is 4.98 Å². The number of aromatic nitrogens is 2. The molecule has 2 amide bonds. The maximum Gasteiger partial charge on any atom is 0.255 e. The van der Waals surface area contributed by atoms with Gasteiger partial charge in [0.2, 0.25) is 15.9 Å². The van der Waals surface area contributed by atoms with E-state index in [9.17, 15) is 18.0 Å². The second kappa shape index (κ2) is 9.35. The third kappa shape index (κ3) is 4.74. The van der Waals surface area contributed by atoms with Gasteiger partial charge >= 0.3 is 0 Å². The molecule has 170 valence electrons. The Kier molecular flexibility index (Phi) is 7.00. The number of sulfonamides is 1. The van der Waals surface area contributed by atoms with E-state index in [4.69, 9.17) is 0 Å². The van der Waals surface area contributed by atoms with Crippen molar-refractivity contribution in [2.45, 2.75) is 40.0 Å². The molecule has 1 saturated heterocycles. The summed E-state index contributed by atoms with van der Waals surface area (Å²) in [7, 11) is -1.51. The van der Waals surface area contributed by atoms with Gasteiger partial charge in [-0.15, -0.1) is 0 Å². The molecule has 0 aromatic carbocycles. The molecule has 10 heteroatoms. The van der Waals surface area contributed by atoms with Gasteiger partial charge in [0.05, 0.1) is 17.0 Å². The van der Waals surface area contributed by atoms with Crippen molar-refractivity contribution in [3.05, 3.63) is 29.6 Å².